The van der Waals surface area contributed by atoms with Gasteiger partial charge >= 0.3 is 12.9 Å². The first-order valence-electron chi connectivity index (χ1n) is 4.36. The van der Waals surface area contributed by atoms with Crippen LogP contribution in [0.15, 0.2) is 18.2 Å². The van der Waals surface area contributed by atoms with Gasteiger partial charge in [-0.25, -0.2) is 4.79 Å². The third kappa shape index (κ3) is 2.47. The van der Waals surface area contributed by atoms with Crippen molar-refractivity contribution in [2.45, 2.75) is 0 Å². The van der Waals surface area contributed by atoms with Crippen LogP contribution in [-0.2, 0) is 4.74 Å². The van der Waals surface area contributed by atoms with Crippen LogP contribution in [0.25, 0.3) is 0 Å². The number of methoxy groups -OCH3 is 2. The summed E-state index contributed by atoms with van der Waals surface area (Å²) in [6.07, 6.45) is 0. The average molecular weight is 233 g/mol. The first-order chi connectivity index (χ1) is 7.40. The Kier molecular flexibility index (Phi) is 3.46. The number of hydrogen-bond acceptors (Lipinski definition) is 3. The molecule has 0 N–H and O–H groups in total. The molecule has 0 heterocycles. The van der Waals surface area contributed by atoms with Crippen molar-refractivity contribution in [1.82, 2.24) is 0 Å². The molecule has 0 fully saturated rings. The van der Waals surface area contributed by atoms with Crippen LogP contribution in [0.3, 0.4) is 0 Å². The van der Waals surface area contributed by atoms with E-state index in [9.17, 15) is 17.7 Å². The minimum absolute atomic E-state index is 0.0335. The summed E-state index contributed by atoms with van der Waals surface area (Å²) in [7, 11) is 2.33. The van der Waals surface area contributed by atoms with Gasteiger partial charge in [-0.3, -0.25) is 0 Å². The third-order valence-corrected chi connectivity index (χ3v) is 2.01. The summed E-state index contributed by atoms with van der Waals surface area (Å²) in [4.78, 5) is 11.2. The molecule has 16 heavy (non-hydrogen) atoms. The van der Waals surface area contributed by atoms with Crippen LogP contribution >= 0.6 is 0 Å². The Morgan fingerprint density at radius 2 is 1.88 bits per heavy atom. The molecule has 0 aromatic heterocycles. The van der Waals surface area contributed by atoms with E-state index in [-0.39, 0.29) is 11.3 Å². The summed E-state index contributed by atoms with van der Waals surface area (Å²) in [5.41, 5.74) is -0.849. The summed E-state index contributed by atoms with van der Waals surface area (Å²) < 4.78 is 46.4. The number of carbonyl (C=O) groups excluding carboxylic acids is 1. The molecule has 0 saturated carbocycles. The third-order valence-electron chi connectivity index (χ3n) is 2.01. The number of ether oxygens (including phenoxy) is 2. The Bertz CT molecular complexity index is 403. The normalized spacial score (nSPS) is 11.1. The number of rotatable bonds is 3. The largest absolute Gasteiger partial charge is 0.509 e. The molecule has 88 valence electrons. The van der Waals surface area contributed by atoms with Gasteiger partial charge in [-0.15, -0.1) is 5.46 Å². The molecule has 7 heteroatoms. The lowest BCUT2D eigenvalue weighted by atomic mass is 9.79. The maximum atomic E-state index is 12.4. The molecular formula is C9H9BF3O3-. The standard InChI is InChI=1S/C9H9BF3O3/c1-15-8-5-6(10(11,12)13)3-4-7(8)9(14)16-2/h3-5H,1-2H3/q-1. The fourth-order valence-corrected chi connectivity index (χ4v) is 1.19. The quantitative estimate of drug-likeness (QED) is 0.586. The van der Waals surface area contributed by atoms with E-state index in [1.165, 1.54) is 7.11 Å². The Morgan fingerprint density at radius 3 is 2.31 bits per heavy atom. The van der Waals surface area contributed by atoms with E-state index in [0.717, 1.165) is 25.3 Å². The van der Waals surface area contributed by atoms with E-state index in [0.29, 0.717) is 0 Å². The van der Waals surface area contributed by atoms with Crippen molar-refractivity contribution >= 4 is 18.4 Å². The first kappa shape index (κ1) is 12.4. The van der Waals surface area contributed by atoms with Crippen LogP contribution < -0.4 is 10.2 Å². The molecular weight excluding hydrogens is 224 g/mol. The second-order valence-electron chi connectivity index (χ2n) is 3.03. The van der Waals surface area contributed by atoms with Gasteiger partial charge in [0, 0.05) is 0 Å². The van der Waals surface area contributed by atoms with E-state index < -0.39 is 18.4 Å². The predicted molar refractivity (Wildman–Crippen MR) is 53.0 cm³/mol. The fourth-order valence-electron chi connectivity index (χ4n) is 1.19. The Balaban J connectivity index is 3.22. The van der Waals surface area contributed by atoms with Crippen molar-refractivity contribution in [1.29, 1.82) is 0 Å². The van der Waals surface area contributed by atoms with Crippen molar-refractivity contribution < 1.29 is 27.2 Å². The number of halogens is 3. The molecule has 0 amide bonds. The highest BCUT2D eigenvalue weighted by Crippen LogP contribution is 2.20. The van der Waals surface area contributed by atoms with Crippen molar-refractivity contribution in [3.05, 3.63) is 23.8 Å². The minimum atomic E-state index is -5.11. The van der Waals surface area contributed by atoms with Crippen molar-refractivity contribution in [2.75, 3.05) is 14.2 Å². The SMILES string of the molecule is COC(=O)c1ccc([B-](F)(F)F)cc1OC. The van der Waals surface area contributed by atoms with Gasteiger partial charge in [0.1, 0.15) is 11.3 Å². The van der Waals surface area contributed by atoms with Crippen LogP contribution in [0.5, 0.6) is 5.75 Å². The Hall–Kier alpha value is -1.66. The molecule has 1 aromatic carbocycles. The minimum Gasteiger partial charge on any atom is -0.496 e. The summed E-state index contributed by atoms with van der Waals surface area (Å²) >= 11 is 0. The van der Waals surface area contributed by atoms with Gasteiger partial charge in [0.25, 0.3) is 0 Å². The predicted octanol–water partition coefficient (Wildman–Crippen LogP) is 1.54. The van der Waals surface area contributed by atoms with Crippen LogP contribution in [0, 0.1) is 0 Å². The smallest absolute Gasteiger partial charge is 0.496 e. The zero-order chi connectivity index (χ0) is 12.3. The summed E-state index contributed by atoms with van der Waals surface area (Å²) in [5.74, 6) is -0.887. The van der Waals surface area contributed by atoms with Crippen LogP contribution in [-0.4, -0.2) is 27.2 Å². The van der Waals surface area contributed by atoms with E-state index in [1.807, 2.05) is 0 Å². The molecule has 0 spiro atoms. The second kappa shape index (κ2) is 4.46. The van der Waals surface area contributed by atoms with Gasteiger partial charge in [0.15, 0.2) is 0 Å². The number of benzene rings is 1. The number of carbonyl (C=O) groups is 1. The molecule has 0 unspecified atom stereocenters. The van der Waals surface area contributed by atoms with Gasteiger partial charge in [0.05, 0.1) is 14.2 Å². The lowest BCUT2D eigenvalue weighted by molar-refractivity contribution is 0.0597. The molecule has 0 atom stereocenters. The topological polar surface area (TPSA) is 35.5 Å². The number of hydrogen-bond donors (Lipinski definition) is 0. The second-order valence-corrected chi connectivity index (χ2v) is 3.03. The Morgan fingerprint density at radius 1 is 1.25 bits per heavy atom. The van der Waals surface area contributed by atoms with Crippen LogP contribution in [0.2, 0.25) is 0 Å². The zero-order valence-electron chi connectivity index (χ0n) is 8.67. The highest BCUT2D eigenvalue weighted by Gasteiger charge is 2.27. The molecule has 3 nitrogen and oxygen atoms in total. The lowest BCUT2D eigenvalue weighted by Crippen LogP contribution is -2.34. The van der Waals surface area contributed by atoms with Gasteiger partial charge in [-0.1, -0.05) is 6.07 Å². The molecule has 0 radical (unpaired) electrons. The molecule has 0 saturated heterocycles. The van der Waals surface area contributed by atoms with Crippen molar-refractivity contribution in [2.24, 2.45) is 0 Å². The molecule has 0 aliphatic carbocycles. The van der Waals surface area contributed by atoms with E-state index in [4.69, 9.17) is 4.74 Å². The molecule has 0 aliphatic heterocycles. The summed E-state index contributed by atoms with van der Waals surface area (Å²) in [6, 6.07) is 2.65. The monoisotopic (exact) mass is 233 g/mol. The van der Waals surface area contributed by atoms with Gasteiger partial charge in [-0.05, 0) is 12.1 Å². The van der Waals surface area contributed by atoms with E-state index >= 15 is 0 Å². The maximum absolute atomic E-state index is 12.4. The molecule has 0 aliphatic rings. The molecule has 1 rings (SSSR count). The van der Waals surface area contributed by atoms with Gasteiger partial charge < -0.3 is 22.4 Å². The highest BCUT2D eigenvalue weighted by molar-refractivity contribution is 6.73. The summed E-state index contributed by atoms with van der Waals surface area (Å²) in [5, 5.41) is 0. The average Bonchev–Trinajstić information content (AvgIpc) is 2.26. The van der Waals surface area contributed by atoms with Crippen molar-refractivity contribution in [3.63, 3.8) is 0 Å². The first-order valence-corrected chi connectivity index (χ1v) is 4.36. The highest BCUT2D eigenvalue weighted by atomic mass is 19.4. The van der Waals surface area contributed by atoms with Crippen LogP contribution in [0.4, 0.5) is 12.9 Å². The van der Waals surface area contributed by atoms with E-state index in [1.54, 1.807) is 0 Å². The zero-order valence-corrected chi connectivity index (χ0v) is 8.67. The maximum Gasteiger partial charge on any atom is 0.509 e. The molecule has 1 aromatic rings. The van der Waals surface area contributed by atoms with Crippen LogP contribution in [0.1, 0.15) is 10.4 Å². The fraction of sp³-hybridized carbons (Fsp3) is 0.222. The Labute approximate surface area is 90.2 Å². The number of esters is 1. The van der Waals surface area contributed by atoms with Gasteiger partial charge in [0.2, 0.25) is 0 Å². The van der Waals surface area contributed by atoms with E-state index in [2.05, 4.69) is 4.74 Å². The van der Waals surface area contributed by atoms with Crippen molar-refractivity contribution in [3.8, 4) is 5.75 Å². The molecule has 0 bridgehead atoms. The summed E-state index contributed by atoms with van der Waals surface area (Å²) in [6.45, 7) is -5.11. The lowest BCUT2D eigenvalue weighted by Gasteiger charge is -2.16. The van der Waals surface area contributed by atoms with Gasteiger partial charge in [-0.2, -0.15) is 0 Å².